The normalized spacial score (nSPS) is 27.2. The van der Waals surface area contributed by atoms with E-state index in [4.69, 9.17) is 5.73 Å². The molecule has 0 bridgehead atoms. The van der Waals surface area contributed by atoms with Gasteiger partial charge in [0.25, 0.3) is 0 Å². The summed E-state index contributed by atoms with van der Waals surface area (Å²) >= 11 is 0. The van der Waals surface area contributed by atoms with Crippen LogP contribution in [0.4, 0.5) is 0 Å². The van der Waals surface area contributed by atoms with Crippen LogP contribution in [0, 0.1) is 0 Å². The predicted molar refractivity (Wildman–Crippen MR) is 75.6 cm³/mol. The van der Waals surface area contributed by atoms with E-state index in [0.717, 1.165) is 37.7 Å². The van der Waals surface area contributed by atoms with E-state index in [1.807, 2.05) is 12.1 Å². The van der Waals surface area contributed by atoms with E-state index in [9.17, 15) is 4.79 Å². The third-order valence-electron chi connectivity index (χ3n) is 4.70. The van der Waals surface area contributed by atoms with Crippen molar-refractivity contribution in [1.82, 2.24) is 5.32 Å². The van der Waals surface area contributed by atoms with Crippen LogP contribution in [0.5, 0.6) is 0 Å². The van der Waals surface area contributed by atoms with Gasteiger partial charge < -0.3 is 5.73 Å². The van der Waals surface area contributed by atoms with Gasteiger partial charge >= 0.3 is 0 Å². The van der Waals surface area contributed by atoms with Crippen molar-refractivity contribution in [3.05, 3.63) is 35.4 Å². The minimum absolute atomic E-state index is 0.216. The number of fused-ring (bicyclic) bond motifs is 1. The molecule has 0 spiro atoms. The zero-order valence-electron chi connectivity index (χ0n) is 11.3. The highest BCUT2D eigenvalue weighted by Crippen LogP contribution is 2.37. The molecule has 3 N–H and O–H groups in total. The van der Waals surface area contributed by atoms with Gasteiger partial charge in [0.1, 0.15) is 5.54 Å². The van der Waals surface area contributed by atoms with Crippen molar-refractivity contribution in [3.63, 3.8) is 0 Å². The first kappa shape index (κ1) is 12.7. The summed E-state index contributed by atoms with van der Waals surface area (Å²) in [7, 11) is 0. The average Bonchev–Trinajstić information content (AvgIpc) is 2.91. The Morgan fingerprint density at radius 3 is 2.68 bits per heavy atom. The number of nitrogens with two attached hydrogens (primary N) is 1. The van der Waals surface area contributed by atoms with Gasteiger partial charge in [-0.2, -0.15) is 0 Å². The van der Waals surface area contributed by atoms with Gasteiger partial charge in [-0.1, -0.05) is 37.1 Å². The Morgan fingerprint density at radius 2 is 1.95 bits per heavy atom. The first-order valence-corrected chi connectivity index (χ1v) is 7.38. The molecule has 3 rings (SSSR count). The largest absolute Gasteiger partial charge is 0.368 e. The lowest BCUT2D eigenvalue weighted by atomic mass is 9.75. The van der Waals surface area contributed by atoms with Crippen LogP contribution in [0.1, 0.15) is 49.7 Å². The van der Waals surface area contributed by atoms with Gasteiger partial charge in [-0.15, -0.1) is 0 Å². The van der Waals surface area contributed by atoms with Crippen LogP contribution in [0.15, 0.2) is 24.3 Å². The monoisotopic (exact) mass is 258 g/mol. The molecule has 1 atom stereocenters. The van der Waals surface area contributed by atoms with E-state index in [-0.39, 0.29) is 5.91 Å². The molecule has 19 heavy (non-hydrogen) atoms. The molecule has 3 nitrogen and oxygen atoms in total. The lowest BCUT2D eigenvalue weighted by Crippen LogP contribution is -2.57. The molecule has 0 radical (unpaired) electrons. The van der Waals surface area contributed by atoms with Gasteiger partial charge in [0.05, 0.1) is 0 Å². The van der Waals surface area contributed by atoms with Gasteiger partial charge in [-0.05, 0) is 43.2 Å². The van der Waals surface area contributed by atoms with Crippen LogP contribution < -0.4 is 11.1 Å². The highest BCUT2D eigenvalue weighted by atomic mass is 16.1. The first-order valence-electron chi connectivity index (χ1n) is 7.38. The van der Waals surface area contributed by atoms with Crippen molar-refractivity contribution < 1.29 is 4.79 Å². The zero-order chi connectivity index (χ0) is 13.3. The molecule has 0 saturated heterocycles. The first-order chi connectivity index (χ1) is 9.22. The lowest BCUT2D eigenvalue weighted by Gasteiger charge is -2.39. The molecule has 2 aliphatic carbocycles. The standard InChI is InChI=1S/C16H22N2O/c17-15(19)16(18-13-8-2-3-9-13)11-5-7-12-6-1-4-10-14(12)16/h1,4,6,10,13,18H,2-3,5,7-9,11H2,(H2,17,19). The summed E-state index contributed by atoms with van der Waals surface area (Å²) in [5.41, 5.74) is 7.55. The summed E-state index contributed by atoms with van der Waals surface area (Å²) in [6, 6.07) is 8.70. The van der Waals surface area contributed by atoms with Crippen LogP contribution >= 0.6 is 0 Å². The molecule has 0 heterocycles. The van der Waals surface area contributed by atoms with Crippen molar-refractivity contribution in [2.24, 2.45) is 5.73 Å². The second-order valence-corrected chi connectivity index (χ2v) is 5.91. The van der Waals surface area contributed by atoms with Gasteiger partial charge in [0.2, 0.25) is 5.91 Å². The Kier molecular flexibility index (Phi) is 3.31. The second-order valence-electron chi connectivity index (χ2n) is 5.91. The number of aryl methyl sites for hydroxylation is 1. The number of carbonyl (C=O) groups excluding carboxylic acids is 1. The minimum atomic E-state index is -0.635. The van der Waals surface area contributed by atoms with Crippen molar-refractivity contribution in [2.45, 2.75) is 56.5 Å². The molecule has 3 heteroatoms. The molecule has 1 aromatic carbocycles. The fraction of sp³-hybridized carbons (Fsp3) is 0.562. The van der Waals surface area contributed by atoms with Crippen LogP contribution in [-0.4, -0.2) is 11.9 Å². The van der Waals surface area contributed by atoms with Crippen LogP contribution in [0.25, 0.3) is 0 Å². The van der Waals surface area contributed by atoms with E-state index in [2.05, 4.69) is 17.4 Å². The summed E-state index contributed by atoms with van der Waals surface area (Å²) < 4.78 is 0. The van der Waals surface area contributed by atoms with Crippen LogP contribution in [0.2, 0.25) is 0 Å². The van der Waals surface area contributed by atoms with Crippen LogP contribution in [0.3, 0.4) is 0 Å². The molecule has 0 aliphatic heterocycles. The highest BCUT2D eigenvalue weighted by Gasteiger charge is 2.43. The van der Waals surface area contributed by atoms with E-state index < -0.39 is 5.54 Å². The second kappa shape index (κ2) is 4.97. The third kappa shape index (κ3) is 2.16. The number of rotatable bonds is 3. The summed E-state index contributed by atoms with van der Waals surface area (Å²) in [5.74, 6) is -0.216. The molecule has 1 aromatic rings. The van der Waals surface area contributed by atoms with E-state index >= 15 is 0 Å². The molecule has 102 valence electrons. The van der Waals surface area contributed by atoms with Gasteiger partial charge in [-0.25, -0.2) is 0 Å². The average molecular weight is 258 g/mol. The maximum atomic E-state index is 12.2. The zero-order valence-corrected chi connectivity index (χ0v) is 11.3. The van der Waals surface area contributed by atoms with Crippen LogP contribution in [-0.2, 0) is 16.8 Å². The van der Waals surface area contributed by atoms with Crippen molar-refractivity contribution in [3.8, 4) is 0 Å². The van der Waals surface area contributed by atoms with Gasteiger partial charge in [0, 0.05) is 6.04 Å². The smallest absolute Gasteiger partial charge is 0.242 e. The molecule has 1 amide bonds. The maximum Gasteiger partial charge on any atom is 0.242 e. The summed E-state index contributed by atoms with van der Waals surface area (Å²) in [5, 5.41) is 3.61. The topological polar surface area (TPSA) is 55.1 Å². The Hall–Kier alpha value is -1.35. The van der Waals surface area contributed by atoms with E-state index in [0.29, 0.717) is 6.04 Å². The third-order valence-corrected chi connectivity index (χ3v) is 4.70. The summed E-state index contributed by atoms with van der Waals surface area (Å²) in [6.07, 6.45) is 7.75. The Bertz CT molecular complexity index is 479. The Balaban J connectivity index is 1.99. The quantitative estimate of drug-likeness (QED) is 0.873. The number of benzene rings is 1. The number of primary amides is 1. The highest BCUT2D eigenvalue weighted by molar-refractivity contribution is 5.87. The molecule has 0 aromatic heterocycles. The Labute approximate surface area is 114 Å². The molecular weight excluding hydrogens is 236 g/mol. The predicted octanol–water partition coefficient (Wildman–Crippen LogP) is 2.24. The molecule has 2 aliphatic rings. The van der Waals surface area contributed by atoms with Gasteiger partial charge in [0.15, 0.2) is 0 Å². The molecule has 1 unspecified atom stereocenters. The minimum Gasteiger partial charge on any atom is -0.368 e. The molecule has 1 fully saturated rings. The maximum absolute atomic E-state index is 12.2. The van der Waals surface area contributed by atoms with Crippen molar-refractivity contribution in [2.75, 3.05) is 0 Å². The number of hydrogen-bond donors (Lipinski definition) is 2. The van der Waals surface area contributed by atoms with Gasteiger partial charge in [-0.3, -0.25) is 10.1 Å². The summed E-state index contributed by atoms with van der Waals surface area (Å²) in [4.78, 5) is 12.2. The molecule has 1 saturated carbocycles. The van der Waals surface area contributed by atoms with Crippen molar-refractivity contribution in [1.29, 1.82) is 0 Å². The van der Waals surface area contributed by atoms with E-state index in [1.165, 1.54) is 18.4 Å². The lowest BCUT2D eigenvalue weighted by molar-refractivity contribution is -0.125. The fourth-order valence-corrected chi connectivity index (χ4v) is 3.73. The number of nitrogens with one attached hydrogen (secondary N) is 1. The number of amides is 1. The summed E-state index contributed by atoms with van der Waals surface area (Å²) in [6.45, 7) is 0. The van der Waals surface area contributed by atoms with E-state index in [1.54, 1.807) is 0 Å². The Morgan fingerprint density at radius 1 is 1.21 bits per heavy atom. The SMILES string of the molecule is NC(=O)C1(NC2CCCC2)CCCc2ccccc21. The van der Waals surface area contributed by atoms with Crippen molar-refractivity contribution >= 4 is 5.91 Å². The number of carbonyl (C=O) groups is 1. The fourth-order valence-electron chi connectivity index (χ4n) is 3.73. The number of hydrogen-bond acceptors (Lipinski definition) is 2. The molecular formula is C16H22N2O.